The van der Waals surface area contributed by atoms with E-state index in [1.54, 1.807) is 31.2 Å². The SMILES string of the molecule is CC[C@H](C(=O)NC(C)(C)C)N(Cc1ccc(F)cc1)C(=O)CN(c1ccc(OC)c(OC)c1)S(=O)(=O)c1ccccc1. The van der Waals surface area contributed by atoms with Gasteiger partial charge in [0.15, 0.2) is 11.5 Å². The van der Waals surface area contributed by atoms with Crippen molar-refractivity contribution in [1.82, 2.24) is 10.2 Å². The average molecular weight is 600 g/mol. The first kappa shape index (κ1) is 32.4. The minimum absolute atomic E-state index is 0.0183. The van der Waals surface area contributed by atoms with E-state index in [1.165, 1.54) is 67.7 Å². The Morgan fingerprint density at radius 1 is 0.929 bits per heavy atom. The van der Waals surface area contributed by atoms with Gasteiger partial charge < -0.3 is 19.7 Å². The second kappa shape index (κ2) is 13.7. The molecule has 42 heavy (non-hydrogen) atoms. The summed E-state index contributed by atoms with van der Waals surface area (Å²) in [6, 6.07) is 17.0. The fourth-order valence-electron chi connectivity index (χ4n) is 4.39. The average Bonchev–Trinajstić information content (AvgIpc) is 2.95. The predicted molar refractivity (Wildman–Crippen MR) is 159 cm³/mol. The van der Waals surface area contributed by atoms with Gasteiger partial charge in [-0.15, -0.1) is 0 Å². The number of ether oxygens (including phenoxy) is 2. The molecule has 9 nitrogen and oxygen atoms in total. The lowest BCUT2D eigenvalue weighted by Gasteiger charge is -2.34. The van der Waals surface area contributed by atoms with Crippen LogP contribution < -0.4 is 19.1 Å². The number of nitrogens with zero attached hydrogens (tertiary/aromatic N) is 2. The molecule has 0 aliphatic heterocycles. The highest BCUT2D eigenvalue weighted by Crippen LogP contribution is 2.34. The van der Waals surface area contributed by atoms with Gasteiger partial charge in [0.05, 0.1) is 24.8 Å². The number of benzene rings is 3. The summed E-state index contributed by atoms with van der Waals surface area (Å²) in [6.07, 6.45) is 0.261. The molecule has 2 amide bonds. The maximum atomic E-state index is 14.1. The fraction of sp³-hybridized carbons (Fsp3) is 0.355. The molecule has 0 fully saturated rings. The Kier molecular flexibility index (Phi) is 10.6. The number of hydrogen-bond donors (Lipinski definition) is 1. The molecule has 3 aromatic carbocycles. The van der Waals surface area contributed by atoms with E-state index >= 15 is 0 Å². The van der Waals surface area contributed by atoms with Gasteiger partial charge >= 0.3 is 0 Å². The Hall–Kier alpha value is -4.12. The van der Waals surface area contributed by atoms with Crippen molar-refractivity contribution in [3.8, 4) is 11.5 Å². The molecule has 1 atom stereocenters. The summed E-state index contributed by atoms with van der Waals surface area (Å²) < 4.78 is 53.3. The van der Waals surface area contributed by atoms with Gasteiger partial charge in [0, 0.05) is 18.2 Å². The van der Waals surface area contributed by atoms with Crippen LogP contribution in [0.15, 0.2) is 77.7 Å². The van der Waals surface area contributed by atoms with Gasteiger partial charge in [-0.3, -0.25) is 13.9 Å². The van der Waals surface area contributed by atoms with Crippen LogP contribution in [-0.4, -0.2) is 57.5 Å². The maximum Gasteiger partial charge on any atom is 0.264 e. The van der Waals surface area contributed by atoms with Crippen molar-refractivity contribution >= 4 is 27.5 Å². The lowest BCUT2D eigenvalue weighted by Crippen LogP contribution is -2.55. The van der Waals surface area contributed by atoms with E-state index in [2.05, 4.69) is 5.32 Å². The van der Waals surface area contributed by atoms with E-state index in [1.807, 2.05) is 20.8 Å². The zero-order chi connectivity index (χ0) is 31.1. The minimum Gasteiger partial charge on any atom is -0.493 e. The van der Waals surface area contributed by atoms with Gasteiger partial charge in [-0.25, -0.2) is 12.8 Å². The number of carbonyl (C=O) groups excluding carboxylic acids is 2. The number of methoxy groups -OCH3 is 2. The Morgan fingerprint density at radius 2 is 1.55 bits per heavy atom. The molecule has 0 bridgehead atoms. The van der Waals surface area contributed by atoms with Crippen LogP contribution in [0.3, 0.4) is 0 Å². The van der Waals surface area contributed by atoms with E-state index in [0.717, 1.165) is 4.31 Å². The third kappa shape index (κ3) is 8.00. The number of rotatable bonds is 12. The summed E-state index contributed by atoms with van der Waals surface area (Å²) in [7, 11) is -1.37. The summed E-state index contributed by atoms with van der Waals surface area (Å²) in [5.74, 6) is -0.793. The van der Waals surface area contributed by atoms with Crippen molar-refractivity contribution in [3.63, 3.8) is 0 Å². The molecule has 0 aromatic heterocycles. The van der Waals surface area contributed by atoms with Crippen LogP contribution in [0.25, 0.3) is 0 Å². The van der Waals surface area contributed by atoms with Gasteiger partial charge in [0.1, 0.15) is 18.4 Å². The predicted octanol–water partition coefficient (Wildman–Crippen LogP) is 4.76. The fourth-order valence-corrected chi connectivity index (χ4v) is 5.81. The zero-order valence-corrected chi connectivity index (χ0v) is 25.6. The Labute approximate surface area is 247 Å². The normalized spacial score (nSPS) is 12.3. The lowest BCUT2D eigenvalue weighted by atomic mass is 10.1. The summed E-state index contributed by atoms with van der Waals surface area (Å²) >= 11 is 0. The largest absolute Gasteiger partial charge is 0.493 e. The van der Waals surface area contributed by atoms with Gasteiger partial charge in [-0.05, 0) is 69.2 Å². The van der Waals surface area contributed by atoms with E-state index in [-0.39, 0.29) is 35.2 Å². The van der Waals surface area contributed by atoms with Crippen molar-refractivity contribution in [2.24, 2.45) is 0 Å². The van der Waals surface area contributed by atoms with E-state index in [0.29, 0.717) is 11.3 Å². The van der Waals surface area contributed by atoms with Crippen LogP contribution in [0, 0.1) is 5.82 Å². The second-order valence-corrected chi connectivity index (χ2v) is 12.5. The van der Waals surface area contributed by atoms with E-state index < -0.39 is 39.9 Å². The van der Waals surface area contributed by atoms with Crippen LogP contribution in [-0.2, 0) is 26.2 Å². The summed E-state index contributed by atoms with van der Waals surface area (Å²) in [5.41, 5.74) is 0.173. The molecule has 3 rings (SSSR count). The number of halogens is 1. The molecular weight excluding hydrogens is 561 g/mol. The van der Waals surface area contributed by atoms with Gasteiger partial charge in [0.25, 0.3) is 10.0 Å². The van der Waals surface area contributed by atoms with Crippen LogP contribution >= 0.6 is 0 Å². The van der Waals surface area contributed by atoms with Crippen LogP contribution in [0.5, 0.6) is 11.5 Å². The molecule has 0 aliphatic carbocycles. The highest BCUT2D eigenvalue weighted by Gasteiger charge is 2.35. The number of amides is 2. The van der Waals surface area contributed by atoms with Gasteiger partial charge in [0.2, 0.25) is 11.8 Å². The topological polar surface area (TPSA) is 105 Å². The van der Waals surface area contributed by atoms with Gasteiger partial charge in [-0.2, -0.15) is 0 Å². The molecule has 0 radical (unpaired) electrons. The summed E-state index contributed by atoms with van der Waals surface area (Å²) in [4.78, 5) is 28.8. The van der Waals surface area contributed by atoms with Crippen molar-refractivity contribution in [3.05, 3.63) is 84.2 Å². The molecule has 0 heterocycles. The Morgan fingerprint density at radius 3 is 2.10 bits per heavy atom. The monoisotopic (exact) mass is 599 g/mol. The molecule has 0 unspecified atom stereocenters. The van der Waals surface area contributed by atoms with Crippen molar-refractivity contribution in [2.75, 3.05) is 25.1 Å². The van der Waals surface area contributed by atoms with E-state index in [4.69, 9.17) is 9.47 Å². The van der Waals surface area contributed by atoms with Crippen LogP contribution in [0.1, 0.15) is 39.7 Å². The number of sulfonamides is 1. The minimum atomic E-state index is -4.25. The van der Waals surface area contributed by atoms with Crippen LogP contribution in [0.4, 0.5) is 10.1 Å². The molecular formula is C31H38FN3O6S. The second-order valence-electron chi connectivity index (χ2n) is 10.7. The molecule has 0 saturated heterocycles. The molecule has 11 heteroatoms. The van der Waals surface area contributed by atoms with E-state index in [9.17, 15) is 22.4 Å². The molecule has 0 aliphatic rings. The molecule has 0 saturated carbocycles. The standard InChI is InChI=1S/C31H38FN3O6S/c1-7-26(30(37)33-31(2,3)4)34(20-22-13-15-23(32)16-14-22)29(36)21-35(42(38,39)25-11-9-8-10-12-25)24-17-18-27(40-5)28(19-24)41-6/h8-19,26H,7,20-21H2,1-6H3,(H,33,37)/t26-/m1/s1. The van der Waals surface area contributed by atoms with Crippen LogP contribution in [0.2, 0.25) is 0 Å². The lowest BCUT2D eigenvalue weighted by molar-refractivity contribution is -0.141. The maximum absolute atomic E-state index is 14.1. The third-order valence-electron chi connectivity index (χ3n) is 6.42. The molecule has 1 N–H and O–H groups in total. The first-order valence-electron chi connectivity index (χ1n) is 13.5. The van der Waals surface area contributed by atoms with Gasteiger partial charge in [-0.1, -0.05) is 37.3 Å². The first-order valence-corrected chi connectivity index (χ1v) is 14.9. The number of hydrogen-bond acceptors (Lipinski definition) is 6. The summed E-state index contributed by atoms with van der Waals surface area (Å²) in [5, 5.41) is 2.91. The van der Waals surface area contributed by atoms with Crippen molar-refractivity contribution in [2.45, 2.75) is 57.1 Å². The zero-order valence-electron chi connectivity index (χ0n) is 24.8. The Bertz CT molecular complexity index is 1470. The molecule has 226 valence electrons. The molecule has 3 aromatic rings. The van der Waals surface area contributed by atoms with Crippen molar-refractivity contribution < 1.29 is 31.9 Å². The first-order chi connectivity index (χ1) is 19.8. The Balaban J connectivity index is 2.11. The third-order valence-corrected chi connectivity index (χ3v) is 8.20. The number of anilines is 1. The number of nitrogens with one attached hydrogen (secondary N) is 1. The smallest absolute Gasteiger partial charge is 0.264 e. The highest BCUT2D eigenvalue weighted by atomic mass is 32.2. The molecule has 0 spiro atoms. The quantitative estimate of drug-likeness (QED) is 0.322. The number of carbonyl (C=O) groups is 2. The summed E-state index contributed by atoms with van der Waals surface area (Å²) in [6.45, 7) is 6.59. The highest BCUT2D eigenvalue weighted by molar-refractivity contribution is 7.92. The van der Waals surface area contributed by atoms with Crippen molar-refractivity contribution in [1.29, 1.82) is 0 Å².